The summed E-state index contributed by atoms with van der Waals surface area (Å²) in [4.78, 5) is 10.7. The lowest BCUT2D eigenvalue weighted by molar-refractivity contribution is -0.142. The van der Waals surface area contributed by atoms with Gasteiger partial charge in [0.05, 0.1) is 13.0 Å². The molecule has 0 amide bonds. The van der Waals surface area contributed by atoms with Crippen LogP contribution in [0.1, 0.15) is 6.42 Å². The van der Waals surface area contributed by atoms with E-state index in [0.717, 1.165) is 6.42 Å². The molecule has 2 atom stereocenters. The molecule has 1 unspecified atom stereocenters. The third-order valence-electron chi connectivity index (χ3n) is 1.73. The summed E-state index contributed by atoms with van der Waals surface area (Å²) in [6, 6.07) is 0. The molecule has 1 fully saturated rings. The van der Waals surface area contributed by atoms with Gasteiger partial charge in [0.15, 0.2) is 0 Å². The molecule has 1 aliphatic carbocycles. The van der Waals surface area contributed by atoms with Crippen LogP contribution in [0, 0.1) is 11.8 Å². The summed E-state index contributed by atoms with van der Waals surface area (Å²) in [6.07, 6.45) is 0.920. The SMILES string of the molecule is COC(=O)C1C[C@H]1CN. The molecule has 0 bridgehead atoms. The Labute approximate surface area is 54.2 Å². The van der Waals surface area contributed by atoms with E-state index in [1.807, 2.05) is 0 Å². The summed E-state index contributed by atoms with van der Waals surface area (Å²) in [5.74, 6) is 0.405. The zero-order valence-corrected chi connectivity index (χ0v) is 5.46. The van der Waals surface area contributed by atoms with Crippen LogP contribution >= 0.6 is 0 Å². The number of hydrogen-bond donors (Lipinski definition) is 1. The van der Waals surface area contributed by atoms with E-state index in [2.05, 4.69) is 4.74 Å². The molecule has 9 heavy (non-hydrogen) atoms. The van der Waals surface area contributed by atoms with Gasteiger partial charge in [0, 0.05) is 0 Å². The summed E-state index contributed by atoms with van der Waals surface area (Å²) < 4.78 is 4.51. The zero-order chi connectivity index (χ0) is 6.85. The molecule has 0 aromatic carbocycles. The van der Waals surface area contributed by atoms with Crippen LogP contribution in [0.2, 0.25) is 0 Å². The molecule has 0 aliphatic heterocycles. The third-order valence-corrected chi connectivity index (χ3v) is 1.73. The smallest absolute Gasteiger partial charge is 0.308 e. The van der Waals surface area contributed by atoms with Crippen molar-refractivity contribution >= 4 is 5.97 Å². The number of rotatable bonds is 2. The van der Waals surface area contributed by atoms with E-state index in [4.69, 9.17) is 5.73 Å². The van der Waals surface area contributed by atoms with Crippen LogP contribution in [0.25, 0.3) is 0 Å². The van der Waals surface area contributed by atoms with Crippen molar-refractivity contribution < 1.29 is 9.53 Å². The fourth-order valence-electron chi connectivity index (χ4n) is 0.948. The van der Waals surface area contributed by atoms with E-state index in [1.165, 1.54) is 7.11 Å². The van der Waals surface area contributed by atoms with Crippen molar-refractivity contribution in [2.75, 3.05) is 13.7 Å². The van der Waals surface area contributed by atoms with Crippen molar-refractivity contribution in [3.8, 4) is 0 Å². The van der Waals surface area contributed by atoms with Crippen LogP contribution in [0.5, 0.6) is 0 Å². The number of esters is 1. The van der Waals surface area contributed by atoms with E-state index < -0.39 is 0 Å². The zero-order valence-electron chi connectivity index (χ0n) is 5.46. The van der Waals surface area contributed by atoms with E-state index in [9.17, 15) is 4.79 Å². The van der Waals surface area contributed by atoms with Gasteiger partial charge in [-0.1, -0.05) is 0 Å². The Morgan fingerprint density at radius 1 is 1.89 bits per heavy atom. The molecule has 1 rings (SSSR count). The number of hydrogen-bond acceptors (Lipinski definition) is 3. The van der Waals surface area contributed by atoms with Crippen LogP contribution in [-0.2, 0) is 9.53 Å². The van der Waals surface area contributed by atoms with Gasteiger partial charge in [0.1, 0.15) is 0 Å². The van der Waals surface area contributed by atoms with Gasteiger partial charge in [-0.05, 0) is 18.9 Å². The minimum atomic E-state index is -0.106. The summed E-state index contributed by atoms with van der Waals surface area (Å²) in [7, 11) is 1.41. The number of methoxy groups -OCH3 is 1. The van der Waals surface area contributed by atoms with Crippen molar-refractivity contribution in [3.05, 3.63) is 0 Å². The lowest BCUT2D eigenvalue weighted by Gasteiger charge is -1.93. The van der Waals surface area contributed by atoms with Crippen molar-refractivity contribution in [1.29, 1.82) is 0 Å². The van der Waals surface area contributed by atoms with Gasteiger partial charge in [0.2, 0.25) is 0 Å². The van der Waals surface area contributed by atoms with Crippen LogP contribution in [0.15, 0.2) is 0 Å². The first kappa shape index (κ1) is 6.55. The molecule has 1 aliphatic rings. The number of carbonyl (C=O) groups excluding carboxylic acids is 1. The molecule has 0 heterocycles. The molecule has 0 aromatic rings. The van der Waals surface area contributed by atoms with E-state index in [-0.39, 0.29) is 11.9 Å². The molecule has 52 valence electrons. The van der Waals surface area contributed by atoms with Gasteiger partial charge >= 0.3 is 5.97 Å². The van der Waals surface area contributed by atoms with Crippen LogP contribution in [-0.4, -0.2) is 19.6 Å². The highest BCUT2D eigenvalue weighted by molar-refractivity contribution is 5.75. The average Bonchev–Trinajstić information content (AvgIpc) is 2.64. The van der Waals surface area contributed by atoms with Gasteiger partial charge in [-0.25, -0.2) is 0 Å². The van der Waals surface area contributed by atoms with Crippen LogP contribution in [0.3, 0.4) is 0 Å². The van der Waals surface area contributed by atoms with Gasteiger partial charge in [-0.3, -0.25) is 4.79 Å². The Balaban J connectivity index is 2.25. The standard InChI is InChI=1S/C6H11NO2/c1-9-6(8)5-2-4(5)3-7/h4-5H,2-3,7H2,1H3/t4-,5?/m0/s1. The Kier molecular flexibility index (Phi) is 1.71. The molecule has 0 saturated heterocycles. The predicted molar refractivity (Wildman–Crippen MR) is 32.7 cm³/mol. The van der Waals surface area contributed by atoms with Crippen molar-refractivity contribution in [3.63, 3.8) is 0 Å². The highest BCUT2D eigenvalue weighted by Gasteiger charge is 2.42. The molecular formula is C6H11NO2. The maximum absolute atomic E-state index is 10.7. The minimum absolute atomic E-state index is 0.106. The van der Waals surface area contributed by atoms with E-state index >= 15 is 0 Å². The molecule has 2 N–H and O–H groups in total. The first-order valence-electron chi connectivity index (χ1n) is 3.07. The first-order valence-corrected chi connectivity index (χ1v) is 3.07. The van der Waals surface area contributed by atoms with Crippen molar-refractivity contribution in [2.24, 2.45) is 17.6 Å². The predicted octanol–water partition coefficient (Wildman–Crippen LogP) is -0.246. The molecule has 0 aromatic heterocycles. The lowest BCUT2D eigenvalue weighted by atomic mass is 10.3. The van der Waals surface area contributed by atoms with Crippen molar-refractivity contribution in [1.82, 2.24) is 0 Å². The fraction of sp³-hybridized carbons (Fsp3) is 0.833. The van der Waals surface area contributed by atoms with Gasteiger partial charge in [-0.2, -0.15) is 0 Å². The summed E-state index contributed by atoms with van der Waals surface area (Å²) in [6.45, 7) is 0.611. The second-order valence-electron chi connectivity index (χ2n) is 2.36. The first-order chi connectivity index (χ1) is 4.29. The molecule has 3 heteroatoms. The fourth-order valence-corrected chi connectivity index (χ4v) is 0.948. The number of ether oxygens (including phenoxy) is 1. The van der Waals surface area contributed by atoms with Crippen molar-refractivity contribution in [2.45, 2.75) is 6.42 Å². The van der Waals surface area contributed by atoms with Crippen LogP contribution < -0.4 is 5.73 Å². The molecular weight excluding hydrogens is 118 g/mol. The summed E-state index contributed by atoms with van der Waals surface area (Å²) >= 11 is 0. The summed E-state index contributed by atoms with van der Waals surface area (Å²) in [5, 5.41) is 0. The van der Waals surface area contributed by atoms with E-state index in [0.29, 0.717) is 12.5 Å². The topological polar surface area (TPSA) is 52.3 Å². The minimum Gasteiger partial charge on any atom is -0.469 e. The van der Waals surface area contributed by atoms with Gasteiger partial charge in [0.25, 0.3) is 0 Å². The second kappa shape index (κ2) is 2.35. The number of carbonyl (C=O) groups is 1. The lowest BCUT2D eigenvalue weighted by Crippen LogP contribution is -2.09. The normalized spacial score (nSPS) is 31.8. The molecule has 1 saturated carbocycles. The monoisotopic (exact) mass is 129 g/mol. The highest BCUT2D eigenvalue weighted by atomic mass is 16.5. The maximum atomic E-state index is 10.7. The van der Waals surface area contributed by atoms with Gasteiger partial charge < -0.3 is 10.5 Å². The largest absolute Gasteiger partial charge is 0.469 e. The van der Waals surface area contributed by atoms with Gasteiger partial charge in [-0.15, -0.1) is 0 Å². The highest BCUT2D eigenvalue weighted by Crippen LogP contribution is 2.37. The average molecular weight is 129 g/mol. The second-order valence-corrected chi connectivity index (χ2v) is 2.36. The Hall–Kier alpha value is -0.570. The third kappa shape index (κ3) is 1.21. The Bertz CT molecular complexity index is 124. The summed E-state index contributed by atoms with van der Waals surface area (Å²) in [5.41, 5.74) is 5.31. The Morgan fingerprint density at radius 2 is 2.56 bits per heavy atom. The quantitative estimate of drug-likeness (QED) is 0.523. The van der Waals surface area contributed by atoms with E-state index in [1.54, 1.807) is 0 Å². The molecule has 3 nitrogen and oxygen atoms in total. The van der Waals surface area contributed by atoms with Crippen LogP contribution in [0.4, 0.5) is 0 Å². The Morgan fingerprint density at radius 3 is 2.89 bits per heavy atom. The number of nitrogens with two attached hydrogens (primary N) is 1. The molecule has 0 radical (unpaired) electrons. The maximum Gasteiger partial charge on any atom is 0.308 e. The molecule has 0 spiro atoms.